The predicted molar refractivity (Wildman–Crippen MR) is 131 cm³/mol. The molecular formula is C26H27N7O. The molecule has 0 radical (unpaired) electrons. The normalized spacial score (nSPS) is 14.4. The fraction of sp³-hybridized carbons (Fsp3) is 0.269. The molecule has 8 heteroatoms. The summed E-state index contributed by atoms with van der Waals surface area (Å²) >= 11 is 0. The largest absolute Gasteiger partial charge is 0.352 e. The van der Waals surface area contributed by atoms with Crippen LogP contribution < -0.4 is 4.90 Å². The van der Waals surface area contributed by atoms with Gasteiger partial charge in [-0.2, -0.15) is 5.10 Å². The number of piperazine rings is 1. The van der Waals surface area contributed by atoms with Gasteiger partial charge in [-0.1, -0.05) is 30.3 Å². The molecule has 1 aliphatic rings. The second-order valence-electron chi connectivity index (χ2n) is 8.48. The SMILES string of the molecule is CC(=O)c1ccc(-c2nccnc2N2CCN(Cc3cnn(-c4ccccn4)c3C)CC2)cc1. The minimum atomic E-state index is 0.0582. The third-order valence-electron chi connectivity index (χ3n) is 6.29. The molecule has 1 fully saturated rings. The number of aromatic nitrogens is 5. The van der Waals surface area contributed by atoms with E-state index in [2.05, 4.69) is 36.8 Å². The highest BCUT2D eigenvalue weighted by Gasteiger charge is 2.22. The van der Waals surface area contributed by atoms with Crippen LogP contribution in [0, 0.1) is 6.92 Å². The Hall–Kier alpha value is -3.91. The second-order valence-corrected chi connectivity index (χ2v) is 8.48. The number of nitrogens with zero attached hydrogens (tertiary/aromatic N) is 7. The number of Topliss-reactive ketones (excluding diaryl/α,β-unsaturated/α-hetero) is 1. The molecule has 0 bridgehead atoms. The Kier molecular flexibility index (Phi) is 6.14. The number of pyridine rings is 1. The monoisotopic (exact) mass is 453 g/mol. The van der Waals surface area contributed by atoms with Crippen molar-refractivity contribution in [2.45, 2.75) is 20.4 Å². The van der Waals surface area contributed by atoms with Gasteiger partial charge in [-0.15, -0.1) is 0 Å². The molecule has 0 N–H and O–H groups in total. The molecule has 172 valence electrons. The standard InChI is InChI=1S/C26H27N7O/c1-19-23(17-30-33(19)24-5-3-4-10-27-24)18-31-13-15-32(16-14-31)26-25(28-11-12-29-26)22-8-6-21(7-9-22)20(2)34/h3-12,17H,13-16,18H2,1-2H3. The number of rotatable bonds is 6. The number of anilines is 1. The van der Waals surface area contributed by atoms with Crippen LogP contribution in [0.25, 0.3) is 17.1 Å². The molecule has 0 unspecified atom stereocenters. The Labute approximate surface area is 198 Å². The van der Waals surface area contributed by atoms with Crippen molar-refractivity contribution in [2.75, 3.05) is 31.1 Å². The van der Waals surface area contributed by atoms with Crippen molar-refractivity contribution in [1.29, 1.82) is 0 Å². The lowest BCUT2D eigenvalue weighted by molar-refractivity contribution is 0.101. The molecular weight excluding hydrogens is 426 g/mol. The van der Waals surface area contributed by atoms with Crippen LogP contribution in [0.15, 0.2) is 67.3 Å². The van der Waals surface area contributed by atoms with Gasteiger partial charge in [0.05, 0.1) is 6.20 Å². The first-order valence-electron chi connectivity index (χ1n) is 11.4. The third-order valence-corrected chi connectivity index (χ3v) is 6.29. The number of carbonyl (C=O) groups excluding carboxylic acids is 1. The van der Waals surface area contributed by atoms with Gasteiger partial charge >= 0.3 is 0 Å². The van der Waals surface area contributed by atoms with Gasteiger partial charge < -0.3 is 4.90 Å². The maximum Gasteiger partial charge on any atom is 0.159 e. The van der Waals surface area contributed by atoms with Gasteiger partial charge in [-0.25, -0.2) is 14.6 Å². The maximum atomic E-state index is 11.6. The molecule has 4 aromatic rings. The van der Waals surface area contributed by atoms with Gasteiger partial charge in [0.2, 0.25) is 0 Å². The summed E-state index contributed by atoms with van der Waals surface area (Å²) < 4.78 is 1.90. The zero-order valence-corrected chi connectivity index (χ0v) is 19.4. The van der Waals surface area contributed by atoms with Crippen molar-refractivity contribution in [3.63, 3.8) is 0 Å². The summed E-state index contributed by atoms with van der Waals surface area (Å²) in [4.78, 5) is 30.0. The molecule has 8 nitrogen and oxygen atoms in total. The first-order chi connectivity index (χ1) is 16.6. The zero-order chi connectivity index (χ0) is 23.5. The molecule has 0 spiro atoms. The molecule has 0 amide bonds. The number of hydrogen-bond acceptors (Lipinski definition) is 7. The average Bonchev–Trinajstić information content (AvgIpc) is 3.25. The summed E-state index contributed by atoms with van der Waals surface area (Å²) in [5, 5.41) is 4.55. The van der Waals surface area contributed by atoms with Crippen LogP contribution in [0.1, 0.15) is 28.5 Å². The van der Waals surface area contributed by atoms with E-state index in [0.29, 0.717) is 5.56 Å². The van der Waals surface area contributed by atoms with Crippen molar-refractivity contribution < 1.29 is 4.79 Å². The van der Waals surface area contributed by atoms with E-state index in [1.54, 1.807) is 25.5 Å². The highest BCUT2D eigenvalue weighted by molar-refractivity contribution is 5.94. The number of benzene rings is 1. The van der Waals surface area contributed by atoms with E-state index in [1.165, 1.54) is 5.56 Å². The van der Waals surface area contributed by atoms with Crippen molar-refractivity contribution >= 4 is 11.6 Å². The Morgan fingerprint density at radius 3 is 2.38 bits per heavy atom. The molecule has 1 saturated heterocycles. The van der Waals surface area contributed by atoms with E-state index < -0.39 is 0 Å². The lowest BCUT2D eigenvalue weighted by Crippen LogP contribution is -2.46. The van der Waals surface area contributed by atoms with Gasteiger partial charge in [0, 0.05) is 73.7 Å². The lowest BCUT2D eigenvalue weighted by Gasteiger charge is -2.35. The molecule has 34 heavy (non-hydrogen) atoms. The topological polar surface area (TPSA) is 80.0 Å². The minimum absolute atomic E-state index is 0.0582. The molecule has 0 atom stereocenters. The first-order valence-corrected chi connectivity index (χ1v) is 11.4. The van der Waals surface area contributed by atoms with Crippen LogP contribution in [0.5, 0.6) is 0 Å². The van der Waals surface area contributed by atoms with Gasteiger partial charge in [0.1, 0.15) is 5.69 Å². The van der Waals surface area contributed by atoms with Gasteiger partial charge in [-0.3, -0.25) is 14.7 Å². The van der Waals surface area contributed by atoms with Crippen LogP contribution >= 0.6 is 0 Å². The fourth-order valence-corrected chi connectivity index (χ4v) is 4.30. The van der Waals surface area contributed by atoms with Crippen molar-refractivity contribution in [1.82, 2.24) is 29.6 Å². The summed E-state index contributed by atoms with van der Waals surface area (Å²) in [5.41, 5.74) is 4.84. The molecule has 3 aromatic heterocycles. The van der Waals surface area contributed by atoms with E-state index in [-0.39, 0.29) is 5.78 Å². The predicted octanol–water partition coefficient (Wildman–Crippen LogP) is 3.56. The van der Waals surface area contributed by atoms with E-state index in [1.807, 2.05) is 53.3 Å². The van der Waals surface area contributed by atoms with Crippen molar-refractivity contribution in [2.24, 2.45) is 0 Å². The second kappa shape index (κ2) is 9.52. The van der Waals surface area contributed by atoms with Crippen LogP contribution in [0.3, 0.4) is 0 Å². The molecule has 4 heterocycles. The summed E-state index contributed by atoms with van der Waals surface area (Å²) in [6.45, 7) is 8.10. The summed E-state index contributed by atoms with van der Waals surface area (Å²) in [5.74, 6) is 1.78. The number of ketones is 1. The average molecular weight is 454 g/mol. The van der Waals surface area contributed by atoms with Crippen LogP contribution in [-0.2, 0) is 6.54 Å². The number of carbonyl (C=O) groups is 1. The van der Waals surface area contributed by atoms with Crippen LogP contribution in [0.4, 0.5) is 5.82 Å². The van der Waals surface area contributed by atoms with Gasteiger partial charge in [0.25, 0.3) is 0 Å². The molecule has 0 saturated carbocycles. The Bertz CT molecular complexity index is 1280. The van der Waals surface area contributed by atoms with Gasteiger partial charge in [-0.05, 0) is 26.0 Å². The van der Waals surface area contributed by atoms with E-state index in [9.17, 15) is 4.79 Å². The Morgan fingerprint density at radius 2 is 1.68 bits per heavy atom. The lowest BCUT2D eigenvalue weighted by atomic mass is 10.1. The minimum Gasteiger partial charge on any atom is -0.352 e. The Balaban J connectivity index is 1.27. The van der Waals surface area contributed by atoms with Crippen molar-refractivity contribution in [3.8, 4) is 17.1 Å². The molecule has 1 aliphatic heterocycles. The van der Waals surface area contributed by atoms with Crippen LogP contribution in [-0.4, -0.2) is 61.6 Å². The fourth-order valence-electron chi connectivity index (χ4n) is 4.30. The summed E-state index contributed by atoms with van der Waals surface area (Å²) in [6, 6.07) is 13.4. The first kappa shape index (κ1) is 21.9. The summed E-state index contributed by atoms with van der Waals surface area (Å²) in [7, 11) is 0. The van der Waals surface area contributed by atoms with E-state index in [0.717, 1.165) is 61.3 Å². The van der Waals surface area contributed by atoms with Crippen molar-refractivity contribution in [3.05, 3.63) is 84.1 Å². The highest BCUT2D eigenvalue weighted by Crippen LogP contribution is 2.28. The highest BCUT2D eigenvalue weighted by atomic mass is 16.1. The summed E-state index contributed by atoms with van der Waals surface area (Å²) in [6.07, 6.45) is 7.19. The molecule has 0 aliphatic carbocycles. The van der Waals surface area contributed by atoms with E-state index >= 15 is 0 Å². The zero-order valence-electron chi connectivity index (χ0n) is 19.4. The maximum absolute atomic E-state index is 11.6. The smallest absolute Gasteiger partial charge is 0.159 e. The third kappa shape index (κ3) is 4.45. The Morgan fingerprint density at radius 1 is 0.912 bits per heavy atom. The number of hydrogen-bond donors (Lipinski definition) is 0. The molecule has 1 aromatic carbocycles. The van der Waals surface area contributed by atoms with Crippen LogP contribution in [0.2, 0.25) is 0 Å². The van der Waals surface area contributed by atoms with E-state index in [4.69, 9.17) is 0 Å². The molecule has 5 rings (SSSR count). The van der Waals surface area contributed by atoms with Gasteiger partial charge in [0.15, 0.2) is 17.4 Å². The quantitative estimate of drug-likeness (QED) is 0.413.